The van der Waals surface area contributed by atoms with Crippen molar-refractivity contribution in [2.45, 2.75) is 39.7 Å². The number of aromatic hydroxyl groups is 1. The summed E-state index contributed by atoms with van der Waals surface area (Å²) in [5, 5.41) is 19.3. The summed E-state index contributed by atoms with van der Waals surface area (Å²) >= 11 is 0. The van der Waals surface area contributed by atoms with E-state index >= 15 is 0 Å². The zero-order chi connectivity index (χ0) is 18.6. The Morgan fingerprint density at radius 2 is 2.08 bits per heavy atom. The van der Waals surface area contributed by atoms with E-state index in [1.807, 2.05) is 13.0 Å². The molecule has 0 spiro atoms. The van der Waals surface area contributed by atoms with Crippen LogP contribution in [0.4, 0.5) is 0 Å². The number of methoxy groups -OCH3 is 1. The van der Waals surface area contributed by atoms with Gasteiger partial charge in [-0.05, 0) is 39.2 Å². The Morgan fingerprint density at radius 3 is 2.72 bits per heavy atom. The molecule has 2 rings (SSSR count). The number of carboxylic acids is 1. The molecule has 1 aliphatic heterocycles. The van der Waals surface area contributed by atoms with Crippen molar-refractivity contribution in [3.8, 4) is 11.5 Å². The highest BCUT2D eigenvalue weighted by molar-refractivity contribution is 5.95. The van der Waals surface area contributed by atoms with Crippen LogP contribution in [0, 0.1) is 0 Å². The number of carbonyl (C=O) groups excluding carboxylic acids is 1. The first-order valence-electron chi connectivity index (χ1n) is 7.99. The zero-order valence-corrected chi connectivity index (χ0v) is 14.6. The van der Waals surface area contributed by atoms with Crippen LogP contribution in [-0.4, -0.2) is 29.3 Å². The first-order valence-corrected chi connectivity index (χ1v) is 7.99. The fourth-order valence-electron chi connectivity index (χ4n) is 2.64. The molecule has 0 saturated carbocycles. The van der Waals surface area contributed by atoms with Crippen molar-refractivity contribution in [2.75, 3.05) is 7.11 Å². The predicted molar refractivity (Wildman–Crippen MR) is 91.9 cm³/mol. The maximum absolute atomic E-state index is 11.6. The van der Waals surface area contributed by atoms with Gasteiger partial charge in [-0.1, -0.05) is 17.7 Å². The van der Waals surface area contributed by atoms with Gasteiger partial charge in [0, 0.05) is 16.7 Å². The van der Waals surface area contributed by atoms with E-state index in [1.54, 1.807) is 19.1 Å². The number of phenols is 1. The van der Waals surface area contributed by atoms with Gasteiger partial charge in [-0.2, -0.15) is 0 Å². The van der Waals surface area contributed by atoms with E-state index in [1.165, 1.54) is 7.11 Å². The van der Waals surface area contributed by atoms with Crippen LogP contribution in [0.2, 0.25) is 0 Å². The minimum atomic E-state index is -0.911. The average Bonchev–Trinajstić information content (AvgIpc) is 2.94. The molecule has 0 fully saturated rings. The van der Waals surface area contributed by atoms with Crippen molar-refractivity contribution in [3.05, 3.63) is 46.1 Å². The lowest BCUT2D eigenvalue weighted by Gasteiger charge is -2.12. The number of phenolic OH excluding ortho intramolecular Hbond substituents is 1. The van der Waals surface area contributed by atoms with Gasteiger partial charge in [-0.3, -0.25) is 0 Å². The van der Waals surface area contributed by atoms with Crippen LogP contribution in [0.3, 0.4) is 0 Å². The molecule has 0 radical (unpaired) electrons. The third kappa shape index (κ3) is 4.21. The summed E-state index contributed by atoms with van der Waals surface area (Å²) in [6, 6.07) is 1.60. The third-order valence-corrected chi connectivity index (χ3v) is 4.24. The second-order valence-electron chi connectivity index (χ2n) is 5.99. The number of benzene rings is 1. The van der Waals surface area contributed by atoms with E-state index in [0.29, 0.717) is 40.9 Å². The van der Waals surface area contributed by atoms with Crippen molar-refractivity contribution < 1.29 is 29.3 Å². The molecular formula is C19H22O6. The molecule has 0 aromatic heterocycles. The summed E-state index contributed by atoms with van der Waals surface area (Å²) in [4.78, 5) is 22.4. The van der Waals surface area contributed by atoms with Crippen molar-refractivity contribution in [2.24, 2.45) is 0 Å². The van der Waals surface area contributed by atoms with E-state index in [4.69, 9.17) is 14.6 Å². The van der Waals surface area contributed by atoms with Crippen molar-refractivity contribution in [3.63, 3.8) is 0 Å². The van der Waals surface area contributed by atoms with Gasteiger partial charge >= 0.3 is 11.9 Å². The number of aliphatic carboxylic acids is 1. The smallest absolute Gasteiger partial charge is 0.339 e. The van der Waals surface area contributed by atoms with Gasteiger partial charge in [0.25, 0.3) is 0 Å². The molecule has 0 saturated heterocycles. The van der Waals surface area contributed by atoms with Crippen LogP contribution in [0.5, 0.6) is 11.5 Å². The van der Waals surface area contributed by atoms with Gasteiger partial charge in [0.05, 0.1) is 12.7 Å². The van der Waals surface area contributed by atoms with E-state index in [9.17, 15) is 14.7 Å². The van der Waals surface area contributed by atoms with Gasteiger partial charge in [0.2, 0.25) is 0 Å². The van der Waals surface area contributed by atoms with Crippen molar-refractivity contribution >= 4 is 11.9 Å². The highest BCUT2D eigenvalue weighted by Crippen LogP contribution is 2.38. The summed E-state index contributed by atoms with van der Waals surface area (Å²) in [6.45, 7) is 3.59. The summed E-state index contributed by atoms with van der Waals surface area (Å²) in [5.41, 5.74) is 2.84. The molecule has 1 aromatic rings. The molecule has 0 unspecified atom stereocenters. The maximum atomic E-state index is 11.6. The van der Waals surface area contributed by atoms with Crippen LogP contribution in [-0.2, 0) is 22.6 Å². The van der Waals surface area contributed by atoms with Gasteiger partial charge in [0.1, 0.15) is 18.1 Å². The standard InChI is InChI=1S/C19H22O6/c1-11(5-4-6-12(2)18(21)22)7-8-13-16(24-3)9-14-15(17(13)20)10-25-19(14)23/h6-7,9,20H,4-5,8,10H2,1-3H3,(H,21,22)/b11-7+,12-6+. The SMILES string of the molecule is COc1cc2c(c(O)c1C/C=C(\C)CC/C=C(\C)C(=O)O)COC2=O. The Morgan fingerprint density at radius 1 is 1.36 bits per heavy atom. The molecule has 134 valence electrons. The number of hydrogen-bond donors (Lipinski definition) is 2. The van der Waals surface area contributed by atoms with Gasteiger partial charge in [-0.25, -0.2) is 9.59 Å². The Bertz CT molecular complexity index is 758. The fraction of sp³-hybridized carbons (Fsp3) is 0.368. The van der Waals surface area contributed by atoms with E-state index in [-0.39, 0.29) is 12.4 Å². The van der Waals surface area contributed by atoms with Gasteiger partial charge < -0.3 is 19.7 Å². The summed E-state index contributed by atoms with van der Waals surface area (Å²) in [7, 11) is 1.49. The van der Waals surface area contributed by atoms with Crippen LogP contribution in [0.25, 0.3) is 0 Å². The Labute approximate surface area is 146 Å². The number of ether oxygens (including phenoxy) is 2. The lowest BCUT2D eigenvalue weighted by Crippen LogP contribution is -1.99. The number of carboxylic acid groups (broad SMARTS) is 1. The molecule has 0 aliphatic carbocycles. The molecule has 2 N–H and O–H groups in total. The second kappa shape index (κ2) is 7.88. The first-order chi connectivity index (χ1) is 11.8. The molecule has 0 atom stereocenters. The number of fused-ring (bicyclic) bond motifs is 1. The first kappa shape index (κ1) is 18.6. The minimum Gasteiger partial charge on any atom is -0.507 e. The van der Waals surface area contributed by atoms with Crippen LogP contribution in [0.1, 0.15) is 48.2 Å². The zero-order valence-electron chi connectivity index (χ0n) is 14.6. The lowest BCUT2D eigenvalue weighted by atomic mass is 9.99. The molecule has 0 bridgehead atoms. The largest absolute Gasteiger partial charge is 0.507 e. The van der Waals surface area contributed by atoms with E-state index in [0.717, 1.165) is 12.0 Å². The molecule has 0 amide bonds. The Balaban J connectivity index is 2.13. The van der Waals surface area contributed by atoms with Gasteiger partial charge in [-0.15, -0.1) is 0 Å². The molecular weight excluding hydrogens is 324 g/mol. The number of rotatable bonds is 7. The Kier molecular flexibility index (Phi) is 5.85. The number of cyclic esters (lactones) is 1. The van der Waals surface area contributed by atoms with Crippen molar-refractivity contribution in [1.29, 1.82) is 0 Å². The predicted octanol–water partition coefficient (Wildman–Crippen LogP) is 3.37. The topological polar surface area (TPSA) is 93.1 Å². The summed E-state index contributed by atoms with van der Waals surface area (Å²) in [6.07, 6.45) is 5.46. The van der Waals surface area contributed by atoms with Crippen LogP contribution >= 0.6 is 0 Å². The van der Waals surface area contributed by atoms with E-state index in [2.05, 4.69) is 0 Å². The van der Waals surface area contributed by atoms with Crippen LogP contribution < -0.4 is 4.74 Å². The number of hydrogen-bond acceptors (Lipinski definition) is 5. The molecule has 25 heavy (non-hydrogen) atoms. The number of carbonyl (C=O) groups is 2. The van der Waals surface area contributed by atoms with E-state index < -0.39 is 11.9 Å². The third-order valence-electron chi connectivity index (χ3n) is 4.24. The second-order valence-corrected chi connectivity index (χ2v) is 5.99. The highest BCUT2D eigenvalue weighted by atomic mass is 16.5. The fourth-order valence-corrected chi connectivity index (χ4v) is 2.64. The molecule has 1 heterocycles. The molecule has 6 nitrogen and oxygen atoms in total. The van der Waals surface area contributed by atoms with Crippen molar-refractivity contribution in [1.82, 2.24) is 0 Å². The maximum Gasteiger partial charge on any atom is 0.339 e. The molecule has 1 aliphatic rings. The monoisotopic (exact) mass is 346 g/mol. The number of allylic oxidation sites excluding steroid dienone is 3. The minimum absolute atomic E-state index is 0.0332. The van der Waals surface area contributed by atoms with Gasteiger partial charge in [0.15, 0.2) is 0 Å². The average molecular weight is 346 g/mol. The van der Waals surface area contributed by atoms with Crippen LogP contribution in [0.15, 0.2) is 29.4 Å². The normalized spacial score (nSPS) is 14.3. The lowest BCUT2D eigenvalue weighted by molar-refractivity contribution is -0.132. The molecule has 6 heteroatoms. The number of esters is 1. The molecule has 1 aromatic carbocycles. The Hall–Kier alpha value is -2.76. The summed E-state index contributed by atoms with van der Waals surface area (Å²) < 4.78 is 10.3. The summed E-state index contributed by atoms with van der Waals surface area (Å²) in [5.74, 6) is -0.889. The quantitative estimate of drug-likeness (QED) is 0.447. The highest BCUT2D eigenvalue weighted by Gasteiger charge is 2.28.